The van der Waals surface area contributed by atoms with E-state index in [0.717, 1.165) is 28.5 Å². The maximum Gasteiger partial charge on any atom is 0.321 e. The van der Waals surface area contributed by atoms with Gasteiger partial charge in [0.2, 0.25) is 0 Å². The van der Waals surface area contributed by atoms with E-state index in [4.69, 9.17) is 15.2 Å². The Morgan fingerprint density at radius 2 is 1.90 bits per heavy atom. The van der Waals surface area contributed by atoms with E-state index >= 15 is 0 Å². The van der Waals surface area contributed by atoms with Crippen LogP contribution in [0.15, 0.2) is 54.4 Å². The highest BCUT2D eigenvalue weighted by Crippen LogP contribution is 2.33. The van der Waals surface area contributed by atoms with Crippen molar-refractivity contribution in [3.63, 3.8) is 0 Å². The molecule has 0 bridgehead atoms. The summed E-state index contributed by atoms with van der Waals surface area (Å²) >= 11 is 0. The number of rotatable bonds is 7. The number of aromatic nitrogens is 2. The molecular weight excluding hydrogens is 385 g/mol. The minimum Gasteiger partial charge on any atom is -0.496 e. The number of hydrogen-bond donors (Lipinski definition) is 1. The molecule has 6 nitrogen and oxygen atoms in total. The molecule has 0 aliphatic heterocycles. The maximum atomic E-state index is 13.4. The summed E-state index contributed by atoms with van der Waals surface area (Å²) in [5, 5.41) is 0. The van der Waals surface area contributed by atoms with Gasteiger partial charge in [0.05, 0.1) is 12.8 Å². The van der Waals surface area contributed by atoms with Crippen LogP contribution in [0.5, 0.6) is 17.5 Å². The molecule has 1 heterocycles. The molecule has 1 aromatic heterocycles. The number of hydrogen-bond acceptors (Lipinski definition) is 6. The molecule has 3 rings (SSSR count). The molecule has 0 aliphatic carbocycles. The van der Waals surface area contributed by atoms with E-state index in [0.29, 0.717) is 23.5 Å². The van der Waals surface area contributed by atoms with Crippen molar-refractivity contribution in [1.82, 2.24) is 9.97 Å². The lowest BCUT2D eigenvalue weighted by atomic mass is 9.96. The van der Waals surface area contributed by atoms with Crippen LogP contribution in [0, 0.1) is 12.7 Å². The standard InChI is InChI=1S/C23H22FN3O3/c1-14-11-26-23(27-12-14)30-18-5-6-19(22(10-18)29-3)15(2)17(13-28)8-16-4-7-20(24)21(25)9-16/h4-7,9-13H,8,25H2,1-3H3/b17-15-. The minimum atomic E-state index is -0.484. The van der Waals surface area contributed by atoms with Crippen molar-refractivity contribution in [2.75, 3.05) is 12.8 Å². The van der Waals surface area contributed by atoms with Gasteiger partial charge in [-0.2, -0.15) is 0 Å². The van der Waals surface area contributed by atoms with Gasteiger partial charge in [-0.25, -0.2) is 14.4 Å². The van der Waals surface area contributed by atoms with E-state index in [-0.39, 0.29) is 11.7 Å². The van der Waals surface area contributed by atoms with Crippen LogP contribution in [-0.4, -0.2) is 23.4 Å². The number of halogens is 1. The van der Waals surface area contributed by atoms with Gasteiger partial charge < -0.3 is 15.2 Å². The lowest BCUT2D eigenvalue weighted by Gasteiger charge is -2.14. The van der Waals surface area contributed by atoms with E-state index < -0.39 is 5.82 Å². The van der Waals surface area contributed by atoms with Gasteiger partial charge in [0.25, 0.3) is 0 Å². The van der Waals surface area contributed by atoms with E-state index in [1.165, 1.54) is 12.1 Å². The van der Waals surface area contributed by atoms with Crippen LogP contribution in [0.3, 0.4) is 0 Å². The molecule has 154 valence electrons. The number of aryl methyl sites for hydroxylation is 1. The van der Waals surface area contributed by atoms with Crippen molar-refractivity contribution in [3.8, 4) is 17.5 Å². The quantitative estimate of drug-likeness (QED) is 0.352. The second-order valence-electron chi connectivity index (χ2n) is 6.81. The number of allylic oxidation sites excluding steroid dienone is 2. The minimum absolute atomic E-state index is 0.0489. The lowest BCUT2D eigenvalue weighted by Crippen LogP contribution is -2.00. The van der Waals surface area contributed by atoms with Gasteiger partial charge in [-0.1, -0.05) is 6.07 Å². The van der Waals surface area contributed by atoms with Gasteiger partial charge in [0, 0.05) is 30.4 Å². The van der Waals surface area contributed by atoms with Crippen LogP contribution >= 0.6 is 0 Å². The van der Waals surface area contributed by atoms with Crippen molar-refractivity contribution < 1.29 is 18.7 Å². The third-order valence-corrected chi connectivity index (χ3v) is 4.62. The molecule has 0 unspecified atom stereocenters. The molecule has 2 N–H and O–H groups in total. The van der Waals surface area contributed by atoms with Crippen molar-refractivity contribution >= 4 is 17.5 Å². The Balaban J connectivity index is 1.90. The molecule has 0 fully saturated rings. The Labute approximate surface area is 174 Å². The monoisotopic (exact) mass is 407 g/mol. The number of ether oxygens (including phenoxy) is 2. The fourth-order valence-electron chi connectivity index (χ4n) is 2.94. The first-order valence-electron chi connectivity index (χ1n) is 9.25. The molecule has 3 aromatic rings. The largest absolute Gasteiger partial charge is 0.496 e. The first kappa shape index (κ1) is 21.0. The summed E-state index contributed by atoms with van der Waals surface area (Å²) in [5.41, 5.74) is 9.37. The highest BCUT2D eigenvalue weighted by atomic mass is 19.1. The predicted octanol–water partition coefficient (Wildman–Crippen LogP) is 4.52. The number of nitrogens with zero attached hydrogens (tertiary/aromatic N) is 2. The number of carbonyl (C=O) groups excluding carboxylic acids is 1. The van der Waals surface area contributed by atoms with Crippen LogP contribution < -0.4 is 15.2 Å². The molecule has 7 heteroatoms. The number of methoxy groups -OCH3 is 1. The summed E-state index contributed by atoms with van der Waals surface area (Å²) < 4.78 is 24.6. The van der Waals surface area contributed by atoms with E-state index in [1.54, 1.807) is 43.8 Å². The predicted molar refractivity (Wildman–Crippen MR) is 113 cm³/mol. The average Bonchev–Trinajstić information content (AvgIpc) is 2.75. The lowest BCUT2D eigenvalue weighted by molar-refractivity contribution is -0.104. The van der Waals surface area contributed by atoms with Crippen molar-refractivity contribution in [2.45, 2.75) is 20.3 Å². The van der Waals surface area contributed by atoms with E-state index in [2.05, 4.69) is 9.97 Å². The summed E-state index contributed by atoms with van der Waals surface area (Å²) in [6.45, 7) is 3.72. The van der Waals surface area contributed by atoms with Gasteiger partial charge >= 0.3 is 6.01 Å². The summed E-state index contributed by atoms with van der Waals surface area (Å²) in [7, 11) is 1.54. The molecule has 0 amide bonds. The zero-order valence-electron chi connectivity index (χ0n) is 17.0. The highest BCUT2D eigenvalue weighted by molar-refractivity contribution is 5.89. The number of carbonyl (C=O) groups is 1. The highest BCUT2D eigenvalue weighted by Gasteiger charge is 2.13. The fourth-order valence-corrected chi connectivity index (χ4v) is 2.94. The summed E-state index contributed by atoms with van der Waals surface area (Å²) in [4.78, 5) is 20.0. The third-order valence-electron chi connectivity index (χ3n) is 4.62. The normalized spacial score (nSPS) is 11.6. The molecule has 0 spiro atoms. The van der Waals surface area contributed by atoms with Crippen LogP contribution in [0.2, 0.25) is 0 Å². The summed E-state index contributed by atoms with van der Waals surface area (Å²) in [5.74, 6) is 0.559. The number of aldehydes is 1. The van der Waals surface area contributed by atoms with Gasteiger partial charge in [-0.05, 0) is 60.4 Å². The van der Waals surface area contributed by atoms with Crippen LogP contribution in [0.4, 0.5) is 10.1 Å². The SMILES string of the molecule is COc1cc(Oc2ncc(C)cn2)ccc1/C(C)=C(\C=O)Cc1ccc(F)c(N)c1. The second kappa shape index (κ2) is 9.17. The van der Waals surface area contributed by atoms with Crippen LogP contribution in [-0.2, 0) is 11.2 Å². The summed E-state index contributed by atoms with van der Waals surface area (Å²) in [6.07, 6.45) is 4.44. The Morgan fingerprint density at radius 1 is 1.17 bits per heavy atom. The number of nitrogens with two attached hydrogens (primary N) is 1. The molecule has 2 aromatic carbocycles. The van der Waals surface area contributed by atoms with E-state index in [9.17, 15) is 9.18 Å². The van der Waals surface area contributed by atoms with E-state index in [1.807, 2.05) is 13.8 Å². The van der Waals surface area contributed by atoms with Gasteiger partial charge in [0.15, 0.2) is 0 Å². The van der Waals surface area contributed by atoms with Crippen molar-refractivity contribution in [3.05, 3.63) is 76.9 Å². The van der Waals surface area contributed by atoms with Crippen molar-refractivity contribution in [1.29, 1.82) is 0 Å². The van der Waals surface area contributed by atoms with Crippen LogP contribution in [0.1, 0.15) is 23.6 Å². The number of anilines is 1. The maximum absolute atomic E-state index is 13.4. The zero-order chi connectivity index (χ0) is 21.7. The Hall–Kier alpha value is -3.74. The number of benzene rings is 2. The molecular formula is C23H22FN3O3. The molecule has 0 saturated carbocycles. The fraction of sp³-hybridized carbons (Fsp3) is 0.174. The third kappa shape index (κ3) is 4.81. The van der Waals surface area contributed by atoms with Crippen molar-refractivity contribution in [2.24, 2.45) is 0 Å². The first-order valence-corrected chi connectivity index (χ1v) is 9.25. The van der Waals surface area contributed by atoms with Crippen LogP contribution in [0.25, 0.3) is 5.57 Å². The Kier molecular flexibility index (Phi) is 6.41. The second-order valence-corrected chi connectivity index (χ2v) is 6.81. The summed E-state index contributed by atoms with van der Waals surface area (Å²) in [6, 6.07) is 9.93. The Morgan fingerprint density at radius 3 is 2.53 bits per heavy atom. The Bertz CT molecular complexity index is 1100. The molecule has 0 atom stereocenters. The first-order chi connectivity index (χ1) is 14.4. The molecule has 30 heavy (non-hydrogen) atoms. The average molecular weight is 407 g/mol. The van der Waals surface area contributed by atoms with Gasteiger partial charge in [-0.3, -0.25) is 4.79 Å². The molecule has 0 saturated heterocycles. The topological polar surface area (TPSA) is 87.3 Å². The molecule has 0 radical (unpaired) electrons. The molecule has 0 aliphatic rings. The zero-order valence-corrected chi connectivity index (χ0v) is 17.0. The van der Waals surface area contributed by atoms with Gasteiger partial charge in [-0.15, -0.1) is 0 Å². The smallest absolute Gasteiger partial charge is 0.321 e. The number of nitrogen functional groups attached to an aromatic ring is 1. The van der Waals surface area contributed by atoms with Gasteiger partial charge in [0.1, 0.15) is 23.6 Å².